The summed E-state index contributed by atoms with van der Waals surface area (Å²) in [6.45, 7) is 5.88. The van der Waals surface area contributed by atoms with Crippen LogP contribution in [0.5, 0.6) is 0 Å². The van der Waals surface area contributed by atoms with Crippen LogP contribution in [-0.4, -0.2) is 43.5 Å². The van der Waals surface area contributed by atoms with Crippen molar-refractivity contribution in [2.75, 3.05) is 42.9 Å². The third kappa shape index (κ3) is 4.72. The lowest BCUT2D eigenvalue weighted by Gasteiger charge is -2.36. The SMILES string of the molecule is Cc1cccc(N2CCN(C(=O)CCNc3ccc(F)cc3)CC2)c1. The van der Waals surface area contributed by atoms with Crippen LogP contribution in [0.3, 0.4) is 0 Å². The van der Waals surface area contributed by atoms with Gasteiger partial charge in [0.05, 0.1) is 0 Å². The third-order valence-corrected chi connectivity index (χ3v) is 4.51. The Balaban J connectivity index is 1.43. The van der Waals surface area contributed by atoms with Crippen LogP contribution in [0.1, 0.15) is 12.0 Å². The van der Waals surface area contributed by atoms with Gasteiger partial charge in [0.25, 0.3) is 0 Å². The van der Waals surface area contributed by atoms with Crippen molar-refractivity contribution in [2.45, 2.75) is 13.3 Å². The van der Waals surface area contributed by atoms with Gasteiger partial charge >= 0.3 is 0 Å². The lowest BCUT2D eigenvalue weighted by Crippen LogP contribution is -2.49. The smallest absolute Gasteiger partial charge is 0.224 e. The second-order valence-corrected chi connectivity index (χ2v) is 6.39. The van der Waals surface area contributed by atoms with E-state index in [-0.39, 0.29) is 11.7 Å². The highest BCUT2D eigenvalue weighted by Crippen LogP contribution is 2.18. The van der Waals surface area contributed by atoms with Gasteiger partial charge in [0, 0.05) is 50.5 Å². The summed E-state index contributed by atoms with van der Waals surface area (Å²) in [4.78, 5) is 16.6. The van der Waals surface area contributed by atoms with E-state index in [0.29, 0.717) is 13.0 Å². The van der Waals surface area contributed by atoms with E-state index >= 15 is 0 Å². The number of carbonyl (C=O) groups is 1. The van der Waals surface area contributed by atoms with Crippen LogP contribution >= 0.6 is 0 Å². The summed E-state index contributed by atoms with van der Waals surface area (Å²) >= 11 is 0. The first-order chi connectivity index (χ1) is 12.1. The van der Waals surface area contributed by atoms with Gasteiger partial charge in [0.15, 0.2) is 0 Å². The lowest BCUT2D eigenvalue weighted by molar-refractivity contribution is -0.131. The number of carbonyl (C=O) groups excluding carboxylic acids is 1. The summed E-state index contributed by atoms with van der Waals surface area (Å²) in [6, 6.07) is 14.7. The van der Waals surface area contributed by atoms with E-state index in [4.69, 9.17) is 0 Å². The number of nitrogens with zero attached hydrogens (tertiary/aromatic N) is 2. The van der Waals surface area contributed by atoms with Crippen LogP contribution in [-0.2, 0) is 4.79 Å². The van der Waals surface area contributed by atoms with Crippen molar-refractivity contribution < 1.29 is 9.18 Å². The van der Waals surface area contributed by atoms with E-state index in [9.17, 15) is 9.18 Å². The maximum Gasteiger partial charge on any atom is 0.224 e. The standard InChI is InChI=1S/C20H24FN3O/c1-16-3-2-4-19(15-16)23-11-13-24(14-12-23)20(25)9-10-22-18-7-5-17(21)6-8-18/h2-8,15,22H,9-14H2,1H3. The molecular formula is C20H24FN3O. The molecule has 0 bridgehead atoms. The Kier molecular flexibility index (Phi) is 5.53. The minimum atomic E-state index is -0.256. The molecule has 0 spiro atoms. The highest BCUT2D eigenvalue weighted by atomic mass is 19.1. The Labute approximate surface area is 148 Å². The van der Waals surface area contributed by atoms with E-state index in [1.165, 1.54) is 23.4 Å². The van der Waals surface area contributed by atoms with Gasteiger partial charge < -0.3 is 15.1 Å². The van der Waals surface area contributed by atoms with Gasteiger partial charge in [-0.3, -0.25) is 4.79 Å². The van der Waals surface area contributed by atoms with E-state index in [0.717, 1.165) is 31.9 Å². The number of hydrogen-bond acceptors (Lipinski definition) is 3. The number of aryl methyl sites for hydroxylation is 1. The minimum Gasteiger partial charge on any atom is -0.385 e. The highest BCUT2D eigenvalue weighted by Gasteiger charge is 2.20. The largest absolute Gasteiger partial charge is 0.385 e. The fourth-order valence-electron chi connectivity index (χ4n) is 3.08. The number of piperazine rings is 1. The average molecular weight is 341 g/mol. The number of nitrogens with one attached hydrogen (secondary N) is 1. The van der Waals surface area contributed by atoms with Crippen molar-refractivity contribution in [1.82, 2.24) is 4.90 Å². The van der Waals surface area contributed by atoms with Gasteiger partial charge in [-0.05, 0) is 48.9 Å². The van der Waals surface area contributed by atoms with Crippen molar-refractivity contribution in [3.8, 4) is 0 Å². The van der Waals surface area contributed by atoms with Gasteiger partial charge in [-0.1, -0.05) is 12.1 Å². The Morgan fingerprint density at radius 1 is 1.08 bits per heavy atom. The molecule has 1 aliphatic heterocycles. The molecule has 1 amide bonds. The van der Waals surface area contributed by atoms with Crippen LogP contribution in [0.15, 0.2) is 48.5 Å². The number of amides is 1. The predicted octanol–water partition coefficient (Wildman–Crippen LogP) is 3.28. The molecule has 2 aromatic carbocycles. The summed E-state index contributed by atoms with van der Waals surface area (Å²) in [5, 5.41) is 3.16. The third-order valence-electron chi connectivity index (χ3n) is 4.51. The first kappa shape index (κ1) is 17.3. The molecule has 2 aromatic rings. The van der Waals surface area contributed by atoms with Gasteiger partial charge in [-0.25, -0.2) is 4.39 Å². The molecule has 0 aromatic heterocycles. The zero-order valence-electron chi connectivity index (χ0n) is 14.5. The van der Waals surface area contributed by atoms with E-state index < -0.39 is 0 Å². The molecule has 4 nitrogen and oxygen atoms in total. The molecule has 0 unspecified atom stereocenters. The molecule has 1 heterocycles. The maximum atomic E-state index is 12.9. The Hall–Kier alpha value is -2.56. The molecule has 1 aliphatic rings. The van der Waals surface area contributed by atoms with E-state index in [2.05, 4.69) is 41.4 Å². The number of benzene rings is 2. The van der Waals surface area contributed by atoms with Crippen LogP contribution < -0.4 is 10.2 Å². The number of anilines is 2. The van der Waals surface area contributed by atoms with Crippen molar-refractivity contribution >= 4 is 17.3 Å². The molecule has 25 heavy (non-hydrogen) atoms. The topological polar surface area (TPSA) is 35.6 Å². The molecule has 132 valence electrons. The second kappa shape index (κ2) is 8.01. The summed E-state index contributed by atoms with van der Waals surface area (Å²) in [7, 11) is 0. The average Bonchev–Trinajstić information content (AvgIpc) is 2.63. The van der Waals surface area contributed by atoms with Crippen molar-refractivity contribution in [3.05, 3.63) is 59.9 Å². The number of halogens is 1. The summed E-state index contributed by atoms with van der Waals surface area (Å²) in [6.07, 6.45) is 0.446. The van der Waals surface area contributed by atoms with Crippen molar-refractivity contribution in [3.63, 3.8) is 0 Å². The molecule has 0 atom stereocenters. The minimum absolute atomic E-state index is 0.165. The molecular weight excluding hydrogens is 317 g/mol. The van der Waals surface area contributed by atoms with Gasteiger partial charge in [0.2, 0.25) is 5.91 Å². The highest BCUT2D eigenvalue weighted by molar-refractivity contribution is 5.77. The Bertz CT molecular complexity index is 709. The Morgan fingerprint density at radius 2 is 1.80 bits per heavy atom. The van der Waals surface area contributed by atoms with Gasteiger partial charge in [-0.15, -0.1) is 0 Å². The van der Waals surface area contributed by atoms with E-state index in [1.54, 1.807) is 12.1 Å². The fraction of sp³-hybridized carbons (Fsp3) is 0.350. The van der Waals surface area contributed by atoms with Crippen molar-refractivity contribution in [1.29, 1.82) is 0 Å². The summed E-state index contributed by atoms with van der Waals surface area (Å²) in [5.41, 5.74) is 3.31. The van der Waals surface area contributed by atoms with Gasteiger partial charge in [-0.2, -0.15) is 0 Å². The summed E-state index contributed by atoms with van der Waals surface area (Å²) in [5.74, 6) is -0.0911. The zero-order chi connectivity index (χ0) is 17.6. The molecule has 0 radical (unpaired) electrons. The summed E-state index contributed by atoms with van der Waals surface area (Å²) < 4.78 is 12.9. The predicted molar refractivity (Wildman–Crippen MR) is 99.5 cm³/mol. The molecule has 5 heteroatoms. The van der Waals surface area contributed by atoms with Crippen LogP contribution in [0, 0.1) is 12.7 Å². The van der Waals surface area contributed by atoms with Crippen LogP contribution in [0.2, 0.25) is 0 Å². The molecule has 1 fully saturated rings. The lowest BCUT2D eigenvalue weighted by atomic mass is 10.2. The van der Waals surface area contributed by atoms with Gasteiger partial charge in [0.1, 0.15) is 5.82 Å². The van der Waals surface area contributed by atoms with Crippen LogP contribution in [0.25, 0.3) is 0 Å². The Morgan fingerprint density at radius 3 is 2.48 bits per heavy atom. The van der Waals surface area contributed by atoms with Crippen LogP contribution in [0.4, 0.5) is 15.8 Å². The molecule has 0 aliphatic carbocycles. The monoisotopic (exact) mass is 341 g/mol. The van der Waals surface area contributed by atoms with E-state index in [1.807, 2.05) is 4.90 Å². The number of hydrogen-bond donors (Lipinski definition) is 1. The molecule has 1 saturated heterocycles. The quantitative estimate of drug-likeness (QED) is 0.906. The number of rotatable bonds is 5. The maximum absolute atomic E-state index is 12.9. The first-order valence-corrected chi connectivity index (χ1v) is 8.71. The first-order valence-electron chi connectivity index (χ1n) is 8.71. The zero-order valence-corrected chi connectivity index (χ0v) is 14.5. The fourth-order valence-corrected chi connectivity index (χ4v) is 3.08. The van der Waals surface area contributed by atoms with Crippen molar-refractivity contribution in [2.24, 2.45) is 0 Å². The molecule has 3 rings (SSSR count). The molecule has 0 saturated carbocycles. The normalized spacial score (nSPS) is 14.5. The molecule has 1 N–H and O–H groups in total. The second-order valence-electron chi connectivity index (χ2n) is 6.39.